The second kappa shape index (κ2) is 12.1. The van der Waals surface area contributed by atoms with E-state index < -0.39 is 17.9 Å². The first-order chi connectivity index (χ1) is 14.6. The van der Waals surface area contributed by atoms with E-state index in [1.54, 1.807) is 30.3 Å². The van der Waals surface area contributed by atoms with Gasteiger partial charge in [0.25, 0.3) is 0 Å². The molecule has 3 aromatic carbocycles. The van der Waals surface area contributed by atoms with E-state index in [0.29, 0.717) is 5.56 Å². The number of phenols is 2. The van der Waals surface area contributed by atoms with Crippen LogP contribution in [0.25, 0.3) is 0 Å². The Bertz CT molecular complexity index is 1010. The van der Waals surface area contributed by atoms with E-state index >= 15 is 0 Å². The van der Waals surface area contributed by atoms with Gasteiger partial charge < -0.3 is 30.3 Å². The molecule has 31 heavy (non-hydrogen) atoms. The number of carboxylic acids is 3. The van der Waals surface area contributed by atoms with Gasteiger partial charge in [-0.3, -0.25) is 0 Å². The molecule has 0 fully saturated rings. The summed E-state index contributed by atoms with van der Waals surface area (Å²) in [5, 5.41) is 43.2. The van der Waals surface area contributed by atoms with E-state index in [1.807, 2.05) is 0 Å². The minimum Gasteiger partial charge on any atom is -0.508 e. The Labute approximate surface area is 177 Å². The van der Waals surface area contributed by atoms with Crippen LogP contribution in [0, 0.1) is 0 Å². The van der Waals surface area contributed by atoms with Crippen LogP contribution in [-0.4, -0.2) is 50.6 Å². The molecular formula is C22H20O9. The standard InChI is InChI=1S/C8H8O4.C7H6O3.C7H6O2/c1-12-7-4-5(8(10)11)2-3-6(7)9;8-6-3-1-5(2-4-6)7(9)10;8-7(9)6-4-2-1-3-5-6/h2-4,9H,1H3,(H,10,11);1-4,8H,(H,9,10);1-5H,(H,8,9). The summed E-state index contributed by atoms with van der Waals surface area (Å²) >= 11 is 0. The minimum atomic E-state index is -1.05. The molecule has 5 N–H and O–H groups in total. The highest BCUT2D eigenvalue weighted by Crippen LogP contribution is 2.25. The number of rotatable bonds is 4. The molecule has 0 saturated carbocycles. The number of aromatic hydroxyl groups is 2. The quantitative estimate of drug-likeness (QED) is 0.418. The van der Waals surface area contributed by atoms with Crippen LogP contribution in [0.5, 0.6) is 17.2 Å². The fourth-order valence-electron chi connectivity index (χ4n) is 2.00. The molecule has 0 spiro atoms. The van der Waals surface area contributed by atoms with Crippen molar-refractivity contribution in [1.82, 2.24) is 0 Å². The van der Waals surface area contributed by atoms with Crippen LogP contribution in [0.15, 0.2) is 72.8 Å². The number of carbonyl (C=O) groups is 3. The van der Waals surface area contributed by atoms with Gasteiger partial charge in [0.2, 0.25) is 0 Å². The van der Waals surface area contributed by atoms with Gasteiger partial charge in [0, 0.05) is 0 Å². The van der Waals surface area contributed by atoms with Crippen molar-refractivity contribution in [2.75, 3.05) is 7.11 Å². The number of ether oxygens (including phenoxy) is 1. The van der Waals surface area contributed by atoms with Crippen LogP contribution in [0.1, 0.15) is 31.1 Å². The first-order valence-electron chi connectivity index (χ1n) is 8.56. The zero-order valence-electron chi connectivity index (χ0n) is 16.3. The first-order valence-corrected chi connectivity index (χ1v) is 8.56. The Morgan fingerprint density at radius 2 is 1.10 bits per heavy atom. The fraction of sp³-hybridized carbons (Fsp3) is 0.0455. The maximum atomic E-state index is 10.4. The average Bonchev–Trinajstić information content (AvgIpc) is 2.75. The van der Waals surface area contributed by atoms with Crippen LogP contribution in [0.3, 0.4) is 0 Å². The lowest BCUT2D eigenvalue weighted by molar-refractivity contribution is 0.0685. The highest BCUT2D eigenvalue weighted by Gasteiger charge is 2.07. The lowest BCUT2D eigenvalue weighted by Gasteiger charge is -2.02. The summed E-state index contributed by atoms with van der Waals surface area (Å²) in [5.74, 6) is -2.74. The summed E-state index contributed by atoms with van der Waals surface area (Å²) < 4.78 is 4.72. The Balaban J connectivity index is 0.000000235. The topological polar surface area (TPSA) is 162 Å². The second-order valence-electron chi connectivity index (χ2n) is 5.71. The SMILES string of the molecule is COc1cc(C(=O)O)ccc1O.O=C(O)c1ccc(O)cc1.O=C(O)c1ccccc1. The van der Waals surface area contributed by atoms with Crippen LogP contribution < -0.4 is 4.74 Å². The van der Waals surface area contributed by atoms with E-state index in [1.165, 1.54) is 49.6 Å². The van der Waals surface area contributed by atoms with Crippen molar-refractivity contribution in [3.63, 3.8) is 0 Å². The lowest BCUT2D eigenvalue weighted by atomic mass is 10.2. The van der Waals surface area contributed by atoms with Gasteiger partial charge in [-0.25, -0.2) is 14.4 Å². The molecule has 0 saturated heterocycles. The van der Waals surface area contributed by atoms with Crippen molar-refractivity contribution >= 4 is 17.9 Å². The molecule has 9 nitrogen and oxygen atoms in total. The van der Waals surface area contributed by atoms with Crippen molar-refractivity contribution in [3.8, 4) is 17.2 Å². The number of aromatic carboxylic acids is 3. The van der Waals surface area contributed by atoms with Gasteiger partial charge in [-0.2, -0.15) is 0 Å². The normalized spacial score (nSPS) is 9.19. The molecule has 0 bridgehead atoms. The van der Waals surface area contributed by atoms with Gasteiger partial charge in [-0.15, -0.1) is 0 Å². The van der Waals surface area contributed by atoms with Crippen LogP contribution in [-0.2, 0) is 0 Å². The van der Waals surface area contributed by atoms with Crippen molar-refractivity contribution < 1.29 is 44.7 Å². The number of phenolic OH excluding ortho intramolecular Hbond substituents is 2. The Morgan fingerprint density at radius 3 is 1.52 bits per heavy atom. The third kappa shape index (κ3) is 8.57. The number of carboxylic acid groups (broad SMARTS) is 3. The third-order valence-corrected chi connectivity index (χ3v) is 3.56. The van der Waals surface area contributed by atoms with E-state index in [-0.39, 0.29) is 28.4 Å². The molecule has 0 aliphatic carbocycles. The van der Waals surface area contributed by atoms with E-state index in [9.17, 15) is 14.4 Å². The Kier molecular flexibility index (Phi) is 9.58. The summed E-state index contributed by atoms with van der Waals surface area (Å²) in [6, 6.07) is 17.5. The van der Waals surface area contributed by atoms with E-state index in [2.05, 4.69) is 0 Å². The number of hydrogen-bond acceptors (Lipinski definition) is 6. The first kappa shape index (κ1) is 24.5. The van der Waals surface area contributed by atoms with Gasteiger partial charge in [-0.1, -0.05) is 18.2 Å². The molecule has 3 aromatic rings. The zero-order valence-corrected chi connectivity index (χ0v) is 16.3. The molecule has 3 rings (SSSR count). The number of methoxy groups -OCH3 is 1. The highest BCUT2D eigenvalue weighted by atomic mass is 16.5. The summed E-state index contributed by atoms with van der Waals surface area (Å²) in [5.41, 5.74) is 0.597. The largest absolute Gasteiger partial charge is 0.508 e. The minimum absolute atomic E-state index is 0.0671. The molecule has 9 heteroatoms. The molecule has 0 aliphatic rings. The molecule has 0 atom stereocenters. The van der Waals surface area contributed by atoms with Gasteiger partial charge in [-0.05, 0) is 54.6 Å². The summed E-state index contributed by atoms with van der Waals surface area (Å²) in [7, 11) is 1.36. The Hall–Kier alpha value is -4.53. The van der Waals surface area contributed by atoms with Gasteiger partial charge in [0.1, 0.15) is 5.75 Å². The molecule has 0 aromatic heterocycles. The summed E-state index contributed by atoms with van der Waals surface area (Å²) in [4.78, 5) is 30.9. The van der Waals surface area contributed by atoms with Gasteiger partial charge in [0.15, 0.2) is 11.5 Å². The molecule has 0 heterocycles. The highest BCUT2D eigenvalue weighted by molar-refractivity contribution is 5.88. The fourth-order valence-corrected chi connectivity index (χ4v) is 2.00. The third-order valence-electron chi connectivity index (χ3n) is 3.56. The molecule has 0 amide bonds. The van der Waals surface area contributed by atoms with Crippen LogP contribution in [0.2, 0.25) is 0 Å². The summed E-state index contributed by atoms with van der Waals surface area (Å²) in [6.45, 7) is 0. The number of benzene rings is 3. The van der Waals surface area contributed by atoms with Gasteiger partial charge >= 0.3 is 17.9 Å². The second-order valence-corrected chi connectivity index (χ2v) is 5.71. The van der Waals surface area contributed by atoms with Crippen LogP contribution in [0.4, 0.5) is 0 Å². The van der Waals surface area contributed by atoms with Crippen molar-refractivity contribution in [2.45, 2.75) is 0 Å². The van der Waals surface area contributed by atoms with Gasteiger partial charge in [0.05, 0.1) is 23.8 Å². The Morgan fingerprint density at radius 1 is 0.645 bits per heavy atom. The zero-order chi connectivity index (χ0) is 23.4. The van der Waals surface area contributed by atoms with Crippen molar-refractivity contribution in [1.29, 1.82) is 0 Å². The average molecular weight is 428 g/mol. The molecular weight excluding hydrogens is 408 g/mol. The van der Waals surface area contributed by atoms with E-state index in [4.69, 9.17) is 30.3 Å². The predicted molar refractivity (Wildman–Crippen MR) is 110 cm³/mol. The summed E-state index contributed by atoms with van der Waals surface area (Å²) in [6.07, 6.45) is 0. The van der Waals surface area contributed by atoms with Crippen LogP contribution >= 0.6 is 0 Å². The number of hydrogen-bond donors (Lipinski definition) is 5. The lowest BCUT2D eigenvalue weighted by Crippen LogP contribution is -1.96. The molecule has 162 valence electrons. The molecule has 0 unspecified atom stereocenters. The molecule has 0 radical (unpaired) electrons. The predicted octanol–water partition coefficient (Wildman–Crippen LogP) is 3.57. The van der Waals surface area contributed by atoms with E-state index in [0.717, 1.165) is 0 Å². The molecule has 0 aliphatic heterocycles. The smallest absolute Gasteiger partial charge is 0.335 e. The monoisotopic (exact) mass is 428 g/mol. The maximum Gasteiger partial charge on any atom is 0.335 e. The van der Waals surface area contributed by atoms with Crippen molar-refractivity contribution in [3.05, 3.63) is 89.5 Å². The maximum absolute atomic E-state index is 10.4. The van der Waals surface area contributed by atoms with Crippen molar-refractivity contribution in [2.24, 2.45) is 0 Å².